The van der Waals surface area contributed by atoms with Crippen molar-refractivity contribution in [1.82, 2.24) is 20.1 Å². The zero-order chi connectivity index (χ0) is 24.3. The molecule has 2 aromatic rings. The predicted molar refractivity (Wildman–Crippen MR) is 134 cm³/mol. The summed E-state index contributed by atoms with van der Waals surface area (Å²) in [5, 5.41) is 8.00. The molecule has 33 heavy (non-hydrogen) atoms. The summed E-state index contributed by atoms with van der Waals surface area (Å²) in [6.07, 6.45) is 1.37. The Bertz CT molecular complexity index is 1100. The normalized spacial score (nSPS) is 15.5. The lowest BCUT2D eigenvalue weighted by Gasteiger charge is -2.31. The van der Waals surface area contributed by atoms with Gasteiger partial charge in [-0.25, -0.2) is 4.68 Å². The van der Waals surface area contributed by atoms with Crippen molar-refractivity contribution in [2.24, 2.45) is 11.0 Å². The minimum atomic E-state index is -0.172. The van der Waals surface area contributed by atoms with E-state index in [1.165, 1.54) is 17.4 Å². The largest absolute Gasteiger partial charge is 0.469 e. The van der Waals surface area contributed by atoms with Crippen LogP contribution in [0, 0.1) is 12.8 Å². The van der Waals surface area contributed by atoms with Crippen molar-refractivity contribution < 1.29 is 9.53 Å². The van der Waals surface area contributed by atoms with Gasteiger partial charge in [0.2, 0.25) is 0 Å². The van der Waals surface area contributed by atoms with E-state index in [0.717, 1.165) is 11.4 Å². The number of rotatable bonds is 4. The molecular formula is C24H33N5O3S. The van der Waals surface area contributed by atoms with Crippen LogP contribution in [0.1, 0.15) is 57.4 Å². The Balaban J connectivity index is 1.71. The number of nitrogens with one attached hydrogen (secondary N) is 2. The number of thiocarbonyl (C=S) groups is 1. The van der Waals surface area contributed by atoms with Gasteiger partial charge in [-0.1, -0.05) is 32.9 Å². The van der Waals surface area contributed by atoms with Crippen molar-refractivity contribution in [3.63, 3.8) is 0 Å². The Morgan fingerprint density at radius 1 is 1.21 bits per heavy atom. The number of carbonyl (C=O) groups is 1. The molecule has 1 aliphatic heterocycles. The van der Waals surface area contributed by atoms with Crippen LogP contribution in [0.25, 0.3) is 5.69 Å². The fourth-order valence-electron chi connectivity index (χ4n) is 4.01. The average molecular weight is 472 g/mol. The molecule has 1 saturated heterocycles. The van der Waals surface area contributed by atoms with Crippen LogP contribution in [0.5, 0.6) is 0 Å². The number of likely N-dealkylation sites (tertiary alicyclic amines) is 1. The fourth-order valence-corrected chi connectivity index (χ4v) is 4.24. The van der Waals surface area contributed by atoms with Gasteiger partial charge in [0.25, 0.3) is 5.56 Å². The molecule has 0 amide bonds. The second kappa shape index (κ2) is 9.91. The van der Waals surface area contributed by atoms with E-state index in [4.69, 9.17) is 17.0 Å². The van der Waals surface area contributed by atoms with Gasteiger partial charge in [-0.15, -0.1) is 0 Å². The number of piperidine rings is 1. The van der Waals surface area contributed by atoms with E-state index >= 15 is 0 Å². The van der Waals surface area contributed by atoms with E-state index in [0.29, 0.717) is 42.3 Å². The lowest BCUT2D eigenvalue weighted by atomic mass is 9.87. The molecular weight excluding hydrogens is 438 g/mol. The number of hydrogen-bond donors (Lipinski definition) is 2. The van der Waals surface area contributed by atoms with Crippen LogP contribution in [-0.4, -0.2) is 51.7 Å². The molecule has 0 spiro atoms. The van der Waals surface area contributed by atoms with Crippen molar-refractivity contribution in [2.75, 3.05) is 20.2 Å². The number of aryl methyl sites for hydroxylation is 1. The molecule has 1 aromatic heterocycles. The summed E-state index contributed by atoms with van der Waals surface area (Å²) >= 11 is 5.47. The standard InChI is InChI=1S/C24H33N5O3S/c1-15(25-26-23(33)28-13-11-17(12-14-28)22(31)32-6)20-16(2)27-29(21(20)30)19-9-7-18(8-10-19)24(3,4)5/h7-10,17,27H,11-14H2,1-6H3,(H,26,33). The number of nitrogens with zero attached hydrogens (tertiary/aromatic N) is 3. The summed E-state index contributed by atoms with van der Waals surface area (Å²) in [5.74, 6) is -0.257. The number of ether oxygens (including phenoxy) is 1. The van der Waals surface area contributed by atoms with Gasteiger partial charge in [0.05, 0.1) is 30.0 Å². The zero-order valence-electron chi connectivity index (χ0n) is 20.2. The smallest absolute Gasteiger partial charge is 0.308 e. The molecule has 0 unspecified atom stereocenters. The Hall–Kier alpha value is -2.94. The van der Waals surface area contributed by atoms with Crippen LogP contribution in [0.4, 0.5) is 0 Å². The number of hydrogen-bond acceptors (Lipinski definition) is 5. The quantitative estimate of drug-likeness (QED) is 0.308. The van der Waals surface area contributed by atoms with Crippen LogP contribution in [0.2, 0.25) is 0 Å². The lowest BCUT2D eigenvalue weighted by molar-refractivity contribution is -0.146. The number of carbonyl (C=O) groups excluding carboxylic acids is 1. The molecule has 1 aromatic carbocycles. The molecule has 0 aliphatic carbocycles. The first kappa shape index (κ1) is 24.7. The number of benzene rings is 1. The highest BCUT2D eigenvalue weighted by Crippen LogP contribution is 2.23. The SMILES string of the molecule is COC(=O)C1CCN(C(=S)NN=C(C)c2c(C)[nH]n(-c3ccc(C(C)(C)C)cc3)c2=O)CC1. The third-order valence-corrected chi connectivity index (χ3v) is 6.41. The molecule has 8 nitrogen and oxygen atoms in total. The van der Waals surface area contributed by atoms with Gasteiger partial charge in [0, 0.05) is 18.8 Å². The van der Waals surface area contributed by atoms with Gasteiger partial charge in [-0.05, 0) is 62.0 Å². The first-order valence-corrected chi connectivity index (χ1v) is 11.5. The predicted octanol–water partition coefficient (Wildman–Crippen LogP) is 3.26. The number of H-pyrrole nitrogens is 1. The second-order valence-electron chi connectivity index (χ2n) is 9.45. The first-order valence-electron chi connectivity index (χ1n) is 11.1. The summed E-state index contributed by atoms with van der Waals surface area (Å²) in [7, 11) is 1.41. The second-order valence-corrected chi connectivity index (χ2v) is 9.83. The summed E-state index contributed by atoms with van der Waals surface area (Å²) in [5.41, 5.74) is 6.54. The highest BCUT2D eigenvalue weighted by molar-refractivity contribution is 7.80. The molecule has 178 valence electrons. The molecule has 0 atom stereocenters. The van der Waals surface area contributed by atoms with E-state index in [2.05, 4.69) is 36.4 Å². The summed E-state index contributed by atoms with van der Waals surface area (Å²) in [6.45, 7) is 11.4. The van der Waals surface area contributed by atoms with Crippen LogP contribution >= 0.6 is 12.2 Å². The fraction of sp³-hybridized carbons (Fsp3) is 0.500. The topological polar surface area (TPSA) is 91.7 Å². The molecule has 1 fully saturated rings. The Morgan fingerprint density at radius 2 is 1.82 bits per heavy atom. The number of hydrazone groups is 1. The van der Waals surface area contributed by atoms with Crippen molar-refractivity contribution in [2.45, 2.75) is 52.9 Å². The molecule has 2 heterocycles. The van der Waals surface area contributed by atoms with E-state index in [1.807, 2.05) is 36.1 Å². The molecule has 0 bridgehead atoms. The van der Waals surface area contributed by atoms with Gasteiger partial charge in [-0.3, -0.25) is 20.1 Å². The minimum absolute atomic E-state index is 0.0439. The van der Waals surface area contributed by atoms with E-state index in [-0.39, 0.29) is 22.9 Å². The van der Waals surface area contributed by atoms with Crippen molar-refractivity contribution in [3.8, 4) is 5.69 Å². The van der Waals surface area contributed by atoms with E-state index < -0.39 is 0 Å². The van der Waals surface area contributed by atoms with Gasteiger partial charge in [-0.2, -0.15) is 5.10 Å². The molecule has 2 N–H and O–H groups in total. The van der Waals surface area contributed by atoms with Crippen LogP contribution < -0.4 is 11.0 Å². The minimum Gasteiger partial charge on any atom is -0.469 e. The maximum Gasteiger partial charge on any atom is 0.308 e. The lowest BCUT2D eigenvalue weighted by Crippen LogP contribution is -2.44. The summed E-state index contributed by atoms with van der Waals surface area (Å²) < 4.78 is 6.36. The van der Waals surface area contributed by atoms with Crippen LogP contribution in [0.3, 0.4) is 0 Å². The maximum atomic E-state index is 13.1. The van der Waals surface area contributed by atoms with Crippen molar-refractivity contribution >= 4 is 29.0 Å². The Morgan fingerprint density at radius 3 is 2.36 bits per heavy atom. The Labute approximate surface area is 200 Å². The third-order valence-electron chi connectivity index (χ3n) is 6.06. The highest BCUT2D eigenvalue weighted by Gasteiger charge is 2.26. The zero-order valence-corrected chi connectivity index (χ0v) is 21.0. The summed E-state index contributed by atoms with van der Waals surface area (Å²) in [6, 6.07) is 7.98. The summed E-state index contributed by atoms with van der Waals surface area (Å²) in [4.78, 5) is 26.8. The number of aromatic amines is 1. The van der Waals surface area contributed by atoms with Gasteiger partial charge in [0.1, 0.15) is 0 Å². The highest BCUT2D eigenvalue weighted by atomic mass is 32.1. The average Bonchev–Trinajstić information content (AvgIpc) is 3.10. The molecule has 0 radical (unpaired) electrons. The number of methoxy groups -OCH3 is 1. The van der Waals surface area contributed by atoms with E-state index in [1.54, 1.807) is 6.92 Å². The molecule has 1 aliphatic rings. The molecule has 0 saturated carbocycles. The van der Waals surface area contributed by atoms with Crippen LogP contribution in [0.15, 0.2) is 34.2 Å². The Kier molecular flexibility index (Phi) is 7.41. The first-order chi connectivity index (χ1) is 15.5. The van der Waals surface area contributed by atoms with E-state index in [9.17, 15) is 9.59 Å². The third kappa shape index (κ3) is 5.52. The monoisotopic (exact) mass is 471 g/mol. The number of esters is 1. The number of aromatic nitrogens is 2. The molecule has 9 heteroatoms. The van der Waals surface area contributed by atoms with Gasteiger partial charge in [0.15, 0.2) is 5.11 Å². The van der Waals surface area contributed by atoms with Crippen molar-refractivity contribution in [1.29, 1.82) is 0 Å². The maximum absolute atomic E-state index is 13.1. The van der Waals surface area contributed by atoms with Crippen LogP contribution in [-0.2, 0) is 14.9 Å². The van der Waals surface area contributed by atoms with Gasteiger partial charge >= 0.3 is 5.97 Å². The van der Waals surface area contributed by atoms with Crippen molar-refractivity contribution in [3.05, 3.63) is 51.4 Å². The van der Waals surface area contributed by atoms with Gasteiger partial charge < -0.3 is 9.64 Å². The molecule has 3 rings (SSSR count).